The summed E-state index contributed by atoms with van der Waals surface area (Å²) in [5.74, 6) is 0. The third-order valence-electron chi connectivity index (χ3n) is 5.11. The predicted octanol–water partition coefficient (Wildman–Crippen LogP) is 4.86. The van der Waals surface area contributed by atoms with Gasteiger partial charge in [-0.25, -0.2) is 14.8 Å². The maximum atomic E-state index is 12.0. The monoisotopic (exact) mass is 449 g/mol. The van der Waals surface area contributed by atoms with Crippen molar-refractivity contribution in [3.05, 3.63) is 79.0 Å². The number of nitrogens with zero attached hydrogens (tertiary/aromatic N) is 3. The molecule has 29 heavy (non-hydrogen) atoms. The van der Waals surface area contributed by atoms with Crippen molar-refractivity contribution in [2.75, 3.05) is 6.54 Å². The summed E-state index contributed by atoms with van der Waals surface area (Å²) in [4.78, 5) is 22.8. The third-order valence-corrected chi connectivity index (χ3v) is 6.78. The van der Waals surface area contributed by atoms with Gasteiger partial charge in [0.05, 0.1) is 6.04 Å². The first-order chi connectivity index (χ1) is 13.9. The number of halogens is 2. The van der Waals surface area contributed by atoms with Gasteiger partial charge in [-0.05, 0) is 48.2 Å². The summed E-state index contributed by atoms with van der Waals surface area (Å²) in [6.07, 6.45) is 1.44. The molecule has 3 aromatic rings. The molecular formula is C20H17Cl2N3O3S. The molecule has 1 amide bonds. The molecule has 1 unspecified atom stereocenters. The van der Waals surface area contributed by atoms with Crippen molar-refractivity contribution >= 4 is 40.6 Å². The summed E-state index contributed by atoms with van der Waals surface area (Å²) >= 11 is 13.7. The van der Waals surface area contributed by atoms with Crippen molar-refractivity contribution in [1.29, 1.82) is 0 Å². The van der Waals surface area contributed by atoms with Crippen LogP contribution >= 0.6 is 34.5 Å². The number of benzene rings is 1. The number of thiophene rings is 1. The fourth-order valence-electron chi connectivity index (χ4n) is 3.72. The van der Waals surface area contributed by atoms with E-state index in [1.807, 2.05) is 31.2 Å². The highest BCUT2D eigenvalue weighted by molar-refractivity contribution is 7.12. The fraction of sp³-hybridized carbons (Fsp3) is 0.250. The van der Waals surface area contributed by atoms with E-state index < -0.39 is 18.2 Å². The zero-order valence-electron chi connectivity index (χ0n) is 15.3. The van der Waals surface area contributed by atoms with Crippen LogP contribution in [0.5, 0.6) is 0 Å². The third kappa shape index (κ3) is 3.71. The zero-order valence-corrected chi connectivity index (χ0v) is 17.7. The van der Waals surface area contributed by atoms with Gasteiger partial charge in [0.2, 0.25) is 0 Å². The number of amides is 1. The number of rotatable bonds is 3. The fourth-order valence-corrected chi connectivity index (χ4v) is 5.16. The molecule has 2 N–H and O–H groups in total. The molecule has 1 aliphatic rings. The van der Waals surface area contributed by atoms with Crippen LogP contribution in [0.4, 0.5) is 4.79 Å². The lowest BCUT2D eigenvalue weighted by molar-refractivity contribution is 0.129. The van der Waals surface area contributed by atoms with Crippen LogP contribution in [-0.4, -0.2) is 37.7 Å². The summed E-state index contributed by atoms with van der Waals surface area (Å²) < 4.78 is 0. The van der Waals surface area contributed by atoms with Crippen LogP contribution in [0.3, 0.4) is 0 Å². The normalized spacial score (nSPS) is 17.1. The van der Waals surface area contributed by atoms with E-state index in [0.29, 0.717) is 28.4 Å². The summed E-state index contributed by atoms with van der Waals surface area (Å²) in [6, 6.07) is 6.94. The van der Waals surface area contributed by atoms with E-state index in [0.717, 1.165) is 21.6 Å². The lowest BCUT2D eigenvalue weighted by atomic mass is 9.88. The molecule has 0 fully saturated rings. The molecule has 0 bridgehead atoms. The van der Waals surface area contributed by atoms with E-state index in [1.165, 1.54) is 28.8 Å². The van der Waals surface area contributed by atoms with Crippen LogP contribution in [0, 0.1) is 6.92 Å². The van der Waals surface area contributed by atoms with Gasteiger partial charge < -0.3 is 10.2 Å². The zero-order chi connectivity index (χ0) is 20.7. The van der Waals surface area contributed by atoms with Crippen molar-refractivity contribution in [3.8, 4) is 0 Å². The number of carboxylic acid groups (broad SMARTS) is 1. The Hall–Kier alpha value is -2.19. The maximum absolute atomic E-state index is 12.0. The molecule has 2 atom stereocenters. The van der Waals surface area contributed by atoms with Crippen molar-refractivity contribution in [3.63, 3.8) is 0 Å². The molecular weight excluding hydrogens is 433 g/mol. The number of aliphatic hydroxyl groups excluding tert-OH is 1. The van der Waals surface area contributed by atoms with Gasteiger partial charge in [-0.2, -0.15) is 0 Å². The molecule has 0 spiro atoms. The minimum Gasteiger partial charge on any atom is -0.465 e. The first-order valence-electron chi connectivity index (χ1n) is 8.88. The minimum atomic E-state index is -0.998. The number of fused-ring (bicyclic) bond motifs is 1. The van der Waals surface area contributed by atoms with Gasteiger partial charge in [-0.15, -0.1) is 11.3 Å². The first kappa shape index (κ1) is 20.1. The van der Waals surface area contributed by atoms with E-state index in [4.69, 9.17) is 23.2 Å². The molecule has 4 rings (SSSR count). The molecule has 0 aliphatic carbocycles. The lowest BCUT2D eigenvalue weighted by Gasteiger charge is -2.35. The molecule has 2 aromatic heterocycles. The Morgan fingerprint density at radius 3 is 2.83 bits per heavy atom. The van der Waals surface area contributed by atoms with E-state index in [-0.39, 0.29) is 5.15 Å². The quantitative estimate of drug-likeness (QED) is 0.557. The van der Waals surface area contributed by atoms with E-state index in [2.05, 4.69) is 9.97 Å². The average Bonchev–Trinajstić information content (AvgIpc) is 3.08. The largest absolute Gasteiger partial charge is 0.465 e. The molecule has 9 heteroatoms. The SMILES string of the molecule is Cc1sc(C(O)c2cncnc2Cl)cc1[C@H]1c2cc(Cl)ccc2CCN1C(=O)O. The summed E-state index contributed by atoms with van der Waals surface area (Å²) in [5, 5.41) is 21.4. The second kappa shape index (κ2) is 7.91. The Morgan fingerprint density at radius 1 is 1.31 bits per heavy atom. The van der Waals surface area contributed by atoms with E-state index >= 15 is 0 Å². The number of aromatic nitrogens is 2. The highest BCUT2D eigenvalue weighted by atomic mass is 35.5. The highest BCUT2D eigenvalue weighted by Crippen LogP contribution is 2.42. The number of hydrogen-bond acceptors (Lipinski definition) is 5. The van der Waals surface area contributed by atoms with Crippen LogP contribution < -0.4 is 0 Å². The standard InChI is InChI=1S/C20H17Cl2N3O3S/c1-10-13(7-16(29-10)18(26)15-8-23-9-24-19(15)22)17-14-6-12(21)3-2-11(14)4-5-25(17)20(27)28/h2-3,6-9,17-18,26H,4-5H2,1H3,(H,27,28)/t17-,18?/m0/s1. The molecule has 3 heterocycles. The van der Waals surface area contributed by atoms with Gasteiger partial charge in [0, 0.05) is 33.1 Å². The van der Waals surface area contributed by atoms with Crippen molar-refractivity contribution in [2.45, 2.75) is 25.5 Å². The summed E-state index contributed by atoms with van der Waals surface area (Å²) in [7, 11) is 0. The molecule has 6 nitrogen and oxygen atoms in total. The van der Waals surface area contributed by atoms with Crippen LogP contribution in [0.1, 0.15) is 44.2 Å². The second-order valence-corrected chi connectivity index (χ2v) is 8.89. The van der Waals surface area contributed by atoms with E-state index in [9.17, 15) is 15.0 Å². The molecule has 0 saturated carbocycles. The molecule has 1 aliphatic heterocycles. The van der Waals surface area contributed by atoms with Gasteiger partial charge in [0.25, 0.3) is 0 Å². The van der Waals surface area contributed by atoms with Crippen LogP contribution in [-0.2, 0) is 6.42 Å². The highest BCUT2D eigenvalue weighted by Gasteiger charge is 2.34. The molecule has 1 aromatic carbocycles. The molecule has 0 saturated heterocycles. The summed E-state index contributed by atoms with van der Waals surface area (Å²) in [6.45, 7) is 2.30. The Morgan fingerprint density at radius 2 is 2.10 bits per heavy atom. The second-order valence-electron chi connectivity index (χ2n) is 6.80. The Labute approximate surface area is 181 Å². The van der Waals surface area contributed by atoms with Crippen LogP contribution in [0.2, 0.25) is 10.2 Å². The van der Waals surface area contributed by atoms with Gasteiger partial charge in [-0.3, -0.25) is 4.90 Å². The van der Waals surface area contributed by atoms with Crippen molar-refractivity contribution in [2.24, 2.45) is 0 Å². The van der Waals surface area contributed by atoms with Crippen molar-refractivity contribution in [1.82, 2.24) is 14.9 Å². The Bertz CT molecular complexity index is 1090. The van der Waals surface area contributed by atoms with Crippen LogP contribution in [0.25, 0.3) is 0 Å². The van der Waals surface area contributed by atoms with E-state index in [1.54, 1.807) is 0 Å². The first-order valence-corrected chi connectivity index (χ1v) is 10.5. The van der Waals surface area contributed by atoms with Crippen molar-refractivity contribution < 1.29 is 15.0 Å². The van der Waals surface area contributed by atoms with Gasteiger partial charge in [0.15, 0.2) is 0 Å². The number of aliphatic hydroxyl groups is 1. The Balaban J connectivity index is 1.81. The number of aryl methyl sites for hydroxylation is 1. The molecule has 0 radical (unpaired) electrons. The lowest BCUT2D eigenvalue weighted by Crippen LogP contribution is -2.39. The number of carbonyl (C=O) groups is 1. The van der Waals surface area contributed by atoms with Crippen LogP contribution in [0.15, 0.2) is 36.8 Å². The smallest absolute Gasteiger partial charge is 0.408 e. The Kier molecular flexibility index (Phi) is 5.48. The van der Waals surface area contributed by atoms with Gasteiger partial charge >= 0.3 is 6.09 Å². The van der Waals surface area contributed by atoms with Gasteiger partial charge in [-0.1, -0.05) is 29.3 Å². The average molecular weight is 450 g/mol. The predicted molar refractivity (Wildman–Crippen MR) is 112 cm³/mol. The molecule has 150 valence electrons. The summed E-state index contributed by atoms with van der Waals surface area (Å²) in [5.41, 5.74) is 3.17. The topological polar surface area (TPSA) is 86.6 Å². The number of hydrogen-bond donors (Lipinski definition) is 2. The van der Waals surface area contributed by atoms with Gasteiger partial charge in [0.1, 0.15) is 17.6 Å². The maximum Gasteiger partial charge on any atom is 0.408 e. The minimum absolute atomic E-state index is 0.182.